The van der Waals surface area contributed by atoms with Gasteiger partial charge in [-0.2, -0.15) is 10.2 Å². The van der Waals surface area contributed by atoms with Crippen molar-refractivity contribution in [2.45, 2.75) is 12.1 Å². The second kappa shape index (κ2) is 1.78. The molecule has 2 aliphatic rings. The summed E-state index contributed by atoms with van der Waals surface area (Å²) in [6, 6.07) is 0. The van der Waals surface area contributed by atoms with Gasteiger partial charge in [-0.1, -0.05) is 0 Å². The van der Waals surface area contributed by atoms with E-state index in [2.05, 4.69) is 10.2 Å². The van der Waals surface area contributed by atoms with Gasteiger partial charge in [0.15, 0.2) is 5.78 Å². The molecule has 56 valence electrons. The highest BCUT2D eigenvalue weighted by atomic mass is 16.2. The lowest BCUT2D eigenvalue weighted by Crippen LogP contribution is -2.17. The van der Waals surface area contributed by atoms with Crippen molar-refractivity contribution in [1.82, 2.24) is 0 Å². The zero-order valence-electron chi connectivity index (χ0n) is 5.69. The molecule has 0 atom stereocenters. The standard InChI is InChI=1S/C7H6N2O2/c10-4-5-3-7(8-9-7)2-1-6(5)11/h1-2,4,10H,3H2/b5-4-. The van der Waals surface area contributed by atoms with Crippen LogP contribution >= 0.6 is 0 Å². The van der Waals surface area contributed by atoms with Crippen molar-refractivity contribution in [3.8, 4) is 0 Å². The van der Waals surface area contributed by atoms with Gasteiger partial charge in [0.2, 0.25) is 5.66 Å². The Balaban J connectivity index is 2.30. The van der Waals surface area contributed by atoms with E-state index >= 15 is 0 Å². The van der Waals surface area contributed by atoms with Gasteiger partial charge in [0.25, 0.3) is 0 Å². The van der Waals surface area contributed by atoms with E-state index in [0.29, 0.717) is 12.0 Å². The van der Waals surface area contributed by atoms with Gasteiger partial charge in [0.1, 0.15) is 0 Å². The Kier molecular flexibility index (Phi) is 1.01. The fraction of sp³-hybridized carbons (Fsp3) is 0.286. The van der Waals surface area contributed by atoms with Crippen LogP contribution < -0.4 is 0 Å². The molecule has 4 nitrogen and oxygen atoms in total. The van der Waals surface area contributed by atoms with Gasteiger partial charge in [-0.05, 0) is 12.2 Å². The number of aliphatic hydroxyl groups excluding tert-OH is 1. The maximum Gasteiger partial charge on any atom is 0.213 e. The minimum Gasteiger partial charge on any atom is -0.515 e. The Morgan fingerprint density at radius 3 is 2.91 bits per heavy atom. The van der Waals surface area contributed by atoms with Gasteiger partial charge >= 0.3 is 0 Å². The molecule has 4 heteroatoms. The third-order valence-electron chi connectivity index (χ3n) is 1.78. The van der Waals surface area contributed by atoms with E-state index in [1.54, 1.807) is 6.08 Å². The highest BCUT2D eigenvalue weighted by molar-refractivity contribution is 6.05. The molecule has 0 fully saturated rings. The van der Waals surface area contributed by atoms with Crippen LogP contribution in [0.25, 0.3) is 0 Å². The molecule has 2 rings (SSSR count). The Morgan fingerprint density at radius 1 is 1.64 bits per heavy atom. The van der Waals surface area contributed by atoms with Gasteiger partial charge in [0, 0.05) is 12.0 Å². The molecule has 0 saturated heterocycles. The van der Waals surface area contributed by atoms with Crippen molar-refractivity contribution in [1.29, 1.82) is 0 Å². The fourth-order valence-corrected chi connectivity index (χ4v) is 1.05. The average molecular weight is 150 g/mol. The summed E-state index contributed by atoms with van der Waals surface area (Å²) in [7, 11) is 0. The number of rotatable bonds is 0. The molecule has 1 spiro atoms. The molecular formula is C7H6N2O2. The van der Waals surface area contributed by atoms with Crippen LogP contribution in [-0.4, -0.2) is 16.6 Å². The summed E-state index contributed by atoms with van der Waals surface area (Å²) < 4.78 is 0. The topological polar surface area (TPSA) is 62.0 Å². The lowest BCUT2D eigenvalue weighted by Gasteiger charge is -2.10. The number of nitrogens with zero attached hydrogens (tertiary/aromatic N) is 2. The van der Waals surface area contributed by atoms with Crippen LogP contribution in [0, 0.1) is 0 Å². The van der Waals surface area contributed by atoms with Crippen molar-refractivity contribution in [3.05, 3.63) is 24.0 Å². The molecule has 0 aromatic heterocycles. The number of aliphatic hydroxyl groups is 1. The van der Waals surface area contributed by atoms with Crippen LogP contribution in [0.5, 0.6) is 0 Å². The van der Waals surface area contributed by atoms with E-state index in [4.69, 9.17) is 5.11 Å². The summed E-state index contributed by atoms with van der Waals surface area (Å²) in [5.74, 6) is -0.157. The van der Waals surface area contributed by atoms with E-state index < -0.39 is 5.66 Å². The first kappa shape index (κ1) is 6.27. The van der Waals surface area contributed by atoms with E-state index in [0.717, 1.165) is 6.26 Å². The maximum atomic E-state index is 10.9. The summed E-state index contributed by atoms with van der Waals surface area (Å²) in [6.07, 6.45) is 4.28. The molecular weight excluding hydrogens is 144 g/mol. The monoisotopic (exact) mass is 150 g/mol. The lowest BCUT2D eigenvalue weighted by molar-refractivity contribution is -0.111. The van der Waals surface area contributed by atoms with Crippen LogP contribution in [0.2, 0.25) is 0 Å². The normalized spacial score (nSPS) is 28.4. The van der Waals surface area contributed by atoms with Crippen molar-refractivity contribution in [2.75, 3.05) is 0 Å². The van der Waals surface area contributed by atoms with Crippen LogP contribution in [-0.2, 0) is 4.79 Å². The molecule has 0 saturated carbocycles. The summed E-state index contributed by atoms with van der Waals surface area (Å²) >= 11 is 0. The predicted octanol–water partition coefficient (Wildman–Crippen LogP) is 1.12. The SMILES string of the molecule is O=C1C=CC2(C/C1=C/O)N=N2. The van der Waals surface area contributed by atoms with Crippen LogP contribution in [0.1, 0.15) is 6.42 Å². The number of ketones is 1. The van der Waals surface area contributed by atoms with Crippen molar-refractivity contribution in [3.63, 3.8) is 0 Å². The van der Waals surface area contributed by atoms with Gasteiger partial charge in [0.05, 0.1) is 6.26 Å². The number of allylic oxidation sites excluding steroid dienone is 1. The lowest BCUT2D eigenvalue weighted by atomic mass is 9.94. The molecule has 1 aliphatic heterocycles. The smallest absolute Gasteiger partial charge is 0.213 e. The Labute approximate surface area is 62.9 Å². The Hall–Kier alpha value is -1.45. The second-order valence-electron chi connectivity index (χ2n) is 2.61. The number of carbonyl (C=O) groups is 1. The zero-order valence-corrected chi connectivity index (χ0v) is 5.69. The number of hydrogen-bond donors (Lipinski definition) is 1. The summed E-state index contributed by atoms with van der Waals surface area (Å²) in [5.41, 5.74) is -0.125. The Bertz CT molecular complexity index is 296. The summed E-state index contributed by atoms with van der Waals surface area (Å²) in [5, 5.41) is 16.1. The average Bonchev–Trinajstić information content (AvgIpc) is 2.76. The van der Waals surface area contributed by atoms with E-state index in [1.807, 2.05) is 0 Å². The van der Waals surface area contributed by atoms with Crippen molar-refractivity contribution >= 4 is 5.78 Å². The molecule has 1 heterocycles. The van der Waals surface area contributed by atoms with E-state index in [9.17, 15) is 4.79 Å². The first-order chi connectivity index (χ1) is 5.26. The molecule has 0 amide bonds. The van der Waals surface area contributed by atoms with Gasteiger partial charge < -0.3 is 5.11 Å². The van der Waals surface area contributed by atoms with E-state index in [-0.39, 0.29) is 5.78 Å². The molecule has 0 bridgehead atoms. The fourth-order valence-electron chi connectivity index (χ4n) is 1.05. The second-order valence-corrected chi connectivity index (χ2v) is 2.61. The molecule has 0 aromatic carbocycles. The highest BCUT2D eigenvalue weighted by Crippen LogP contribution is 2.38. The van der Waals surface area contributed by atoms with Gasteiger partial charge in [-0.15, -0.1) is 0 Å². The predicted molar refractivity (Wildman–Crippen MR) is 37.1 cm³/mol. The first-order valence-electron chi connectivity index (χ1n) is 3.27. The van der Waals surface area contributed by atoms with E-state index in [1.165, 1.54) is 6.08 Å². The Morgan fingerprint density at radius 2 is 2.36 bits per heavy atom. The van der Waals surface area contributed by atoms with Crippen LogP contribution in [0.4, 0.5) is 0 Å². The highest BCUT2D eigenvalue weighted by Gasteiger charge is 2.41. The van der Waals surface area contributed by atoms with Crippen LogP contribution in [0.15, 0.2) is 34.2 Å². The molecule has 0 aromatic rings. The first-order valence-corrected chi connectivity index (χ1v) is 3.27. The van der Waals surface area contributed by atoms with Crippen LogP contribution in [0.3, 0.4) is 0 Å². The zero-order chi connectivity index (χ0) is 7.90. The molecule has 1 N–H and O–H groups in total. The van der Waals surface area contributed by atoms with Gasteiger partial charge in [-0.25, -0.2) is 0 Å². The molecule has 11 heavy (non-hydrogen) atoms. The largest absolute Gasteiger partial charge is 0.515 e. The maximum absolute atomic E-state index is 10.9. The minimum absolute atomic E-state index is 0.157. The van der Waals surface area contributed by atoms with Crippen molar-refractivity contribution < 1.29 is 9.90 Å². The number of carbonyl (C=O) groups excluding carboxylic acids is 1. The molecule has 1 aliphatic carbocycles. The third kappa shape index (κ3) is 0.869. The number of hydrogen-bond acceptors (Lipinski definition) is 4. The summed E-state index contributed by atoms with van der Waals surface area (Å²) in [6.45, 7) is 0. The van der Waals surface area contributed by atoms with Crippen molar-refractivity contribution in [2.24, 2.45) is 10.2 Å². The van der Waals surface area contributed by atoms with Gasteiger partial charge in [-0.3, -0.25) is 4.79 Å². The molecule has 0 unspecified atom stereocenters. The quantitative estimate of drug-likeness (QED) is 0.415. The third-order valence-corrected chi connectivity index (χ3v) is 1.78. The minimum atomic E-state index is -0.498. The molecule has 0 radical (unpaired) electrons. The summed E-state index contributed by atoms with van der Waals surface area (Å²) in [4.78, 5) is 10.9.